The van der Waals surface area contributed by atoms with E-state index in [0.29, 0.717) is 17.3 Å². The highest BCUT2D eigenvalue weighted by Gasteiger charge is 2.43. The first-order valence-electron chi connectivity index (χ1n) is 8.44. The Hall–Kier alpha value is -1.98. The van der Waals surface area contributed by atoms with Crippen LogP contribution >= 0.6 is 23.4 Å². The molecule has 1 saturated heterocycles. The largest absolute Gasteiger partial charge is 0.325 e. The minimum Gasteiger partial charge on any atom is -0.324 e. The predicted octanol–water partition coefficient (Wildman–Crippen LogP) is 4.49. The number of carbonyl (C=O) groups excluding carboxylic acids is 2. The molecule has 1 heterocycles. The number of rotatable bonds is 6. The maximum absolute atomic E-state index is 12.3. The first-order valence-corrected chi connectivity index (χ1v) is 9.87. The standard InChI is InChI=1S/C20H21ClN2O2S/c1-20(2)18(24)23(19(25)22-20)12-13-26-17(14-6-4-3-5-7-14)15-8-10-16(21)11-9-15/h3-11,17H,12-13H2,1-2H3,(H,22,25). The Morgan fingerprint density at radius 3 is 2.23 bits per heavy atom. The van der Waals surface area contributed by atoms with E-state index in [-0.39, 0.29) is 17.2 Å². The van der Waals surface area contributed by atoms with Gasteiger partial charge < -0.3 is 5.32 Å². The number of nitrogens with one attached hydrogen (secondary N) is 1. The van der Waals surface area contributed by atoms with Crippen LogP contribution in [0.2, 0.25) is 5.02 Å². The van der Waals surface area contributed by atoms with E-state index < -0.39 is 5.54 Å². The molecule has 1 N–H and O–H groups in total. The van der Waals surface area contributed by atoms with E-state index in [9.17, 15) is 9.59 Å². The van der Waals surface area contributed by atoms with Gasteiger partial charge in [-0.3, -0.25) is 9.69 Å². The zero-order valence-electron chi connectivity index (χ0n) is 14.7. The van der Waals surface area contributed by atoms with Gasteiger partial charge in [0.15, 0.2) is 0 Å². The highest BCUT2D eigenvalue weighted by Crippen LogP contribution is 2.36. The molecule has 136 valence electrons. The third-order valence-corrected chi connectivity index (χ3v) is 5.87. The van der Waals surface area contributed by atoms with Crippen LogP contribution in [0.25, 0.3) is 0 Å². The van der Waals surface area contributed by atoms with Gasteiger partial charge in [-0.2, -0.15) is 0 Å². The number of urea groups is 1. The van der Waals surface area contributed by atoms with Crippen molar-refractivity contribution in [2.24, 2.45) is 0 Å². The van der Waals surface area contributed by atoms with E-state index in [2.05, 4.69) is 17.4 Å². The maximum Gasteiger partial charge on any atom is 0.325 e. The fourth-order valence-electron chi connectivity index (χ4n) is 2.93. The molecule has 4 nitrogen and oxygen atoms in total. The summed E-state index contributed by atoms with van der Waals surface area (Å²) in [5.74, 6) is 0.475. The van der Waals surface area contributed by atoms with Crippen molar-refractivity contribution in [1.29, 1.82) is 0 Å². The Bertz CT molecular complexity index is 793. The van der Waals surface area contributed by atoms with Gasteiger partial charge in [0, 0.05) is 17.3 Å². The number of thioether (sulfide) groups is 1. The number of hydrogen-bond acceptors (Lipinski definition) is 3. The second-order valence-corrected chi connectivity index (χ2v) is 8.37. The molecule has 1 aliphatic rings. The fraction of sp³-hybridized carbons (Fsp3) is 0.300. The van der Waals surface area contributed by atoms with Crippen LogP contribution in [-0.2, 0) is 4.79 Å². The molecule has 0 saturated carbocycles. The molecule has 1 unspecified atom stereocenters. The first-order chi connectivity index (χ1) is 12.4. The van der Waals surface area contributed by atoms with E-state index in [0.717, 1.165) is 5.56 Å². The summed E-state index contributed by atoms with van der Waals surface area (Å²) in [6.45, 7) is 3.83. The average Bonchev–Trinajstić information content (AvgIpc) is 2.82. The average molecular weight is 389 g/mol. The van der Waals surface area contributed by atoms with Crippen molar-refractivity contribution >= 4 is 35.3 Å². The monoisotopic (exact) mass is 388 g/mol. The molecule has 0 aromatic heterocycles. The lowest BCUT2D eigenvalue weighted by atomic mass is 10.0. The zero-order valence-corrected chi connectivity index (χ0v) is 16.3. The molecule has 26 heavy (non-hydrogen) atoms. The molecule has 0 radical (unpaired) electrons. The van der Waals surface area contributed by atoms with Crippen LogP contribution in [-0.4, -0.2) is 34.7 Å². The van der Waals surface area contributed by atoms with Crippen LogP contribution in [0.3, 0.4) is 0 Å². The molecule has 6 heteroatoms. The van der Waals surface area contributed by atoms with Gasteiger partial charge in [0.05, 0.1) is 5.25 Å². The second-order valence-electron chi connectivity index (χ2n) is 6.73. The van der Waals surface area contributed by atoms with Crippen LogP contribution in [0.5, 0.6) is 0 Å². The molecule has 3 rings (SSSR count). The maximum atomic E-state index is 12.3. The molecular weight excluding hydrogens is 368 g/mol. The number of nitrogens with zero attached hydrogens (tertiary/aromatic N) is 1. The number of imide groups is 1. The Morgan fingerprint density at radius 2 is 1.65 bits per heavy atom. The lowest BCUT2D eigenvalue weighted by molar-refractivity contribution is -0.130. The molecule has 1 fully saturated rings. The number of halogens is 1. The van der Waals surface area contributed by atoms with Gasteiger partial charge in [0.2, 0.25) is 0 Å². The third-order valence-electron chi connectivity index (χ3n) is 4.32. The fourth-order valence-corrected chi connectivity index (χ4v) is 4.28. The van der Waals surface area contributed by atoms with Crippen molar-refractivity contribution in [1.82, 2.24) is 10.2 Å². The smallest absolute Gasteiger partial charge is 0.324 e. The van der Waals surface area contributed by atoms with Crippen molar-refractivity contribution in [2.45, 2.75) is 24.6 Å². The van der Waals surface area contributed by atoms with Crippen molar-refractivity contribution in [3.05, 3.63) is 70.7 Å². The summed E-state index contributed by atoms with van der Waals surface area (Å²) < 4.78 is 0. The lowest BCUT2D eigenvalue weighted by Gasteiger charge is -2.20. The highest BCUT2D eigenvalue weighted by atomic mass is 35.5. The summed E-state index contributed by atoms with van der Waals surface area (Å²) in [5.41, 5.74) is 1.50. The number of hydrogen-bond donors (Lipinski definition) is 1. The normalized spacial score (nSPS) is 17.3. The van der Waals surface area contributed by atoms with Crippen LogP contribution in [0, 0.1) is 0 Å². The minimum atomic E-state index is -0.823. The molecule has 0 spiro atoms. The van der Waals surface area contributed by atoms with Crippen LogP contribution in [0.15, 0.2) is 54.6 Å². The van der Waals surface area contributed by atoms with Crippen LogP contribution in [0.4, 0.5) is 4.79 Å². The lowest BCUT2D eigenvalue weighted by Crippen LogP contribution is -2.40. The Labute approximate surface area is 162 Å². The topological polar surface area (TPSA) is 49.4 Å². The van der Waals surface area contributed by atoms with E-state index in [1.807, 2.05) is 42.5 Å². The van der Waals surface area contributed by atoms with Gasteiger partial charge in [0.1, 0.15) is 5.54 Å². The van der Waals surface area contributed by atoms with E-state index in [1.54, 1.807) is 25.6 Å². The molecule has 0 bridgehead atoms. The van der Waals surface area contributed by atoms with Gasteiger partial charge in [-0.05, 0) is 37.1 Å². The van der Waals surface area contributed by atoms with Crippen LogP contribution in [0.1, 0.15) is 30.2 Å². The Balaban J connectivity index is 1.72. The van der Waals surface area contributed by atoms with Crippen molar-refractivity contribution in [3.8, 4) is 0 Å². The van der Waals surface area contributed by atoms with Gasteiger partial charge in [-0.25, -0.2) is 4.79 Å². The summed E-state index contributed by atoms with van der Waals surface area (Å²) in [4.78, 5) is 25.6. The molecule has 3 amide bonds. The molecular formula is C20H21ClN2O2S. The Morgan fingerprint density at radius 1 is 1.04 bits per heavy atom. The van der Waals surface area contributed by atoms with E-state index in [4.69, 9.17) is 11.6 Å². The summed E-state index contributed by atoms with van der Waals surface area (Å²) in [7, 11) is 0. The zero-order chi connectivity index (χ0) is 18.7. The predicted molar refractivity (Wildman–Crippen MR) is 107 cm³/mol. The summed E-state index contributed by atoms with van der Waals surface area (Å²) >= 11 is 7.72. The van der Waals surface area contributed by atoms with E-state index in [1.165, 1.54) is 10.5 Å². The second kappa shape index (κ2) is 7.72. The van der Waals surface area contributed by atoms with Gasteiger partial charge in [-0.1, -0.05) is 54.1 Å². The summed E-state index contributed by atoms with van der Waals surface area (Å²) in [6, 6.07) is 17.7. The van der Waals surface area contributed by atoms with Gasteiger partial charge >= 0.3 is 6.03 Å². The number of amides is 3. The Kier molecular flexibility index (Phi) is 5.58. The van der Waals surface area contributed by atoms with Gasteiger partial charge in [0.25, 0.3) is 5.91 Å². The quantitative estimate of drug-likeness (QED) is 0.741. The highest BCUT2D eigenvalue weighted by molar-refractivity contribution is 7.99. The van der Waals surface area contributed by atoms with E-state index >= 15 is 0 Å². The molecule has 0 aliphatic carbocycles. The minimum absolute atomic E-state index is 0.113. The first kappa shape index (κ1) is 18.8. The van der Waals surface area contributed by atoms with Gasteiger partial charge in [-0.15, -0.1) is 11.8 Å². The van der Waals surface area contributed by atoms with Crippen molar-refractivity contribution in [2.75, 3.05) is 12.3 Å². The molecule has 1 aliphatic heterocycles. The number of benzene rings is 2. The van der Waals surface area contributed by atoms with Crippen molar-refractivity contribution in [3.63, 3.8) is 0 Å². The summed E-state index contributed by atoms with van der Waals surface area (Å²) in [5, 5.41) is 3.53. The third kappa shape index (κ3) is 4.05. The summed E-state index contributed by atoms with van der Waals surface area (Å²) in [6.07, 6.45) is 0. The molecule has 2 aromatic carbocycles. The number of carbonyl (C=O) groups is 2. The molecule has 1 atom stereocenters. The SMILES string of the molecule is CC1(C)NC(=O)N(CCSC(c2ccccc2)c2ccc(Cl)cc2)C1=O. The van der Waals surface area contributed by atoms with Crippen LogP contribution < -0.4 is 5.32 Å². The molecule has 2 aromatic rings. The van der Waals surface area contributed by atoms with Crippen molar-refractivity contribution < 1.29 is 9.59 Å².